The maximum atomic E-state index is 12.8. The van der Waals surface area contributed by atoms with Gasteiger partial charge in [-0.1, -0.05) is 18.9 Å². The Kier molecular flexibility index (Phi) is 3.20. The van der Waals surface area contributed by atoms with Gasteiger partial charge in [0.15, 0.2) is 0 Å². The van der Waals surface area contributed by atoms with Gasteiger partial charge in [0.2, 0.25) is 11.8 Å². The van der Waals surface area contributed by atoms with Crippen LogP contribution < -0.4 is 5.32 Å². The van der Waals surface area contributed by atoms with E-state index in [0.29, 0.717) is 6.54 Å². The summed E-state index contributed by atoms with van der Waals surface area (Å²) in [7, 11) is 0. The summed E-state index contributed by atoms with van der Waals surface area (Å²) < 4.78 is 0. The molecule has 2 heterocycles. The number of nitrogens with zero attached hydrogens (tertiary/aromatic N) is 2. The summed E-state index contributed by atoms with van der Waals surface area (Å²) in [5.74, 6) is -0.00446. The molecule has 5 nitrogen and oxygen atoms in total. The van der Waals surface area contributed by atoms with Crippen LogP contribution in [0.4, 0.5) is 0 Å². The molecule has 1 N–H and O–H groups in total. The largest absolute Gasteiger partial charge is 0.340 e. The van der Waals surface area contributed by atoms with Crippen molar-refractivity contribution >= 4 is 11.8 Å². The molecule has 1 saturated heterocycles. The zero-order chi connectivity index (χ0) is 14.2. The highest BCUT2D eigenvalue weighted by Crippen LogP contribution is 2.35. The van der Waals surface area contributed by atoms with Crippen LogP contribution in [0.25, 0.3) is 0 Å². The first-order chi connectivity index (χ1) is 9.62. The van der Waals surface area contributed by atoms with Crippen LogP contribution in [0, 0.1) is 0 Å². The number of hydrogen-bond donors (Lipinski definition) is 1. The Morgan fingerprint density at radius 1 is 1.35 bits per heavy atom. The lowest BCUT2D eigenvalue weighted by atomic mass is 9.91. The molecule has 2 aliphatic rings. The molecule has 1 aromatic heterocycles. The van der Waals surface area contributed by atoms with E-state index in [1.807, 2.05) is 18.2 Å². The number of pyridine rings is 1. The number of rotatable bonds is 2. The number of hydrogen-bond acceptors (Lipinski definition) is 3. The fraction of sp³-hybridized carbons (Fsp3) is 0.533. The molecule has 2 amide bonds. The molecule has 0 radical (unpaired) electrons. The van der Waals surface area contributed by atoms with E-state index in [0.717, 1.165) is 31.4 Å². The Labute approximate surface area is 118 Å². The molecule has 3 rings (SSSR count). The maximum absolute atomic E-state index is 12.8. The van der Waals surface area contributed by atoms with E-state index in [4.69, 9.17) is 0 Å². The van der Waals surface area contributed by atoms with Crippen molar-refractivity contribution in [2.45, 2.75) is 50.7 Å². The molecule has 106 valence electrons. The van der Waals surface area contributed by atoms with Gasteiger partial charge in [0.25, 0.3) is 0 Å². The quantitative estimate of drug-likeness (QED) is 0.882. The van der Waals surface area contributed by atoms with Gasteiger partial charge < -0.3 is 10.2 Å². The average Bonchev–Trinajstić information content (AvgIpc) is 2.92. The lowest BCUT2D eigenvalue weighted by molar-refractivity contribution is -0.154. The predicted octanol–water partition coefficient (Wildman–Crippen LogP) is 1.24. The first-order valence-electron chi connectivity index (χ1n) is 7.15. The maximum Gasteiger partial charge on any atom is 0.249 e. The zero-order valence-corrected chi connectivity index (χ0v) is 11.6. The summed E-state index contributed by atoms with van der Waals surface area (Å²) >= 11 is 0. The van der Waals surface area contributed by atoms with Crippen LogP contribution in [-0.2, 0) is 16.1 Å². The topological polar surface area (TPSA) is 62.3 Å². The van der Waals surface area contributed by atoms with Crippen LogP contribution in [0.1, 0.15) is 38.3 Å². The smallest absolute Gasteiger partial charge is 0.249 e. The van der Waals surface area contributed by atoms with Gasteiger partial charge in [0, 0.05) is 6.20 Å². The Balaban J connectivity index is 1.87. The molecule has 0 bridgehead atoms. The summed E-state index contributed by atoms with van der Waals surface area (Å²) in [6.45, 7) is 2.17. The van der Waals surface area contributed by atoms with Gasteiger partial charge in [0.1, 0.15) is 11.6 Å². The Morgan fingerprint density at radius 3 is 2.75 bits per heavy atom. The second kappa shape index (κ2) is 4.89. The van der Waals surface area contributed by atoms with E-state index in [1.165, 1.54) is 0 Å². The Hall–Kier alpha value is -1.91. The standard InChI is InChI=1S/C15H19N3O2/c1-11-13(19)17-15(7-3-4-8-15)14(20)18(11)10-12-6-2-5-9-16-12/h2,5-6,9,11H,3-4,7-8,10H2,1H3,(H,17,19). The molecule has 1 aliphatic heterocycles. The van der Waals surface area contributed by atoms with E-state index in [2.05, 4.69) is 10.3 Å². The van der Waals surface area contributed by atoms with Crippen LogP contribution in [0.3, 0.4) is 0 Å². The number of carbonyl (C=O) groups is 2. The third kappa shape index (κ3) is 2.07. The van der Waals surface area contributed by atoms with Crippen LogP contribution in [0.5, 0.6) is 0 Å². The minimum absolute atomic E-state index is 0.0488. The second-order valence-corrected chi connectivity index (χ2v) is 5.71. The Bertz CT molecular complexity index is 523. The predicted molar refractivity (Wildman–Crippen MR) is 73.6 cm³/mol. The van der Waals surface area contributed by atoms with Crippen molar-refractivity contribution in [1.82, 2.24) is 15.2 Å². The highest BCUT2D eigenvalue weighted by molar-refractivity contribution is 5.99. The number of carbonyl (C=O) groups excluding carboxylic acids is 2. The van der Waals surface area contributed by atoms with Crippen molar-refractivity contribution in [2.75, 3.05) is 0 Å². The number of aromatic nitrogens is 1. The molecule has 1 aliphatic carbocycles. The normalized spacial score (nSPS) is 25.1. The highest BCUT2D eigenvalue weighted by Gasteiger charge is 2.50. The zero-order valence-electron chi connectivity index (χ0n) is 11.6. The van der Waals surface area contributed by atoms with Gasteiger partial charge >= 0.3 is 0 Å². The fourth-order valence-electron chi connectivity index (χ4n) is 3.18. The summed E-state index contributed by atoms with van der Waals surface area (Å²) in [6.07, 6.45) is 5.21. The first kappa shape index (κ1) is 13.1. The van der Waals surface area contributed by atoms with Crippen molar-refractivity contribution in [2.24, 2.45) is 0 Å². The second-order valence-electron chi connectivity index (χ2n) is 5.71. The minimum atomic E-state index is -0.654. The molecule has 1 aromatic rings. The SMILES string of the molecule is CC1C(=O)NC2(CCCC2)C(=O)N1Cc1ccccn1. The van der Waals surface area contributed by atoms with Gasteiger partial charge in [0.05, 0.1) is 12.2 Å². The van der Waals surface area contributed by atoms with Crippen molar-refractivity contribution in [1.29, 1.82) is 0 Å². The third-order valence-electron chi connectivity index (χ3n) is 4.40. The van der Waals surface area contributed by atoms with Crippen LogP contribution in [0.15, 0.2) is 24.4 Å². The summed E-state index contributed by atoms with van der Waals surface area (Å²) in [5, 5.41) is 2.96. The van der Waals surface area contributed by atoms with Gasteiger partial charge in [-0.15, -0.1) is 0 Å². The summed E-state index contributed by atoms with van der Waals surface area (Å²) in [4.78, 5) is 30.9. The molecule has 1 saturated carbocycles. The number of nitrogens with one attached hydrogen (secondary N) is 1. The molecule has 0 aromatic carbocycles. The molecular weight excluding hydrogens is 254 g/mol. The van der Waals surface area contributed by atoms with Gasteiger partial charge in [-0.05, 0) is 31.9 Å². The van der Waals surface area contributed by atoms with Gasteiger partial charge in [-0.2, -0.15) is 0 Å². The summed E-state index contributed by atoms with van der Waals surface area (Å²) in [6, 6.07) is 5.19. The monoisotopic (exact) mass is 273 g/mol. The van der Waals surface area contributed by atoms with E-state index < -0.39 is 11.6 Å². The van der Waals surface area contributed by atoms with Crippen molar-refractivity contribution < 1.29 is 9.59 Å². The molecular formula is C15H19N3O2. The van der Waals surface area contributed by atoms with Crippen LogP contribution in [-0.4, -0.2) is 33.3 Å². The fourth-order valence-corrected chi connectivity index (χ4v) is 3.18. The molecule has 1 unspecified atom stereocenters. The highest BCUT2D eigenvalue weighted by atomic mass is 16.2. The summed E-state index contributed by atoms with van der Waals surface area (Å²) in [5.41, 5.74) is 0.161. The molecule has 20 heavy (non-hydrogen) atoms. The third-order valence-corrected chi connectivity index (χ3v) is 4.40. The molecule has 1 spiro atoms. The lowest BCUT2D eigenvalue weighted by Crippen LogP contribution is -2.68. The molecule has 2 fully saturated rings. The van der Waals surface area contributed by atoms with Crippen molar-refractivity contribution in [3.05, 3.63) is 30.1 Å². The number of amides is 2. The Morgan fingerprint density at radius 2 is 2.10 bits per heavy atom. The van der Waals surface area contributed by atoms with Crippen LogP contribution in [0.2, 0.25) is 0 Å². The van der Waals surface area contributed by atoms with Gasteiger partial charge in [-0.3, -0.25) is 14.6 Å². The minimum Gasteiger partial charge on any atom is -0.340 e. The van der Waals surface area contributed by atoms with E-state index >= 15 is 0 Å². The molecule has 5 heteroatoms. The van der Waals surface area contributed by atoms with E-state index in [9.17, 15) is 9.59 Å². The van der Waals surface area contributed by atoms with E-state index in [1.54, 1.807) is 18.0 Å². The average molecular weight is 273 g/mol. The first-order valence-corrected chi connectivity index (χ1v) is 7.15. The lowest BCUT2D eigenvalue weighted by Gasteiger charge is -2.43. The van der Waals surface area contributed by atoms with Crippen molar-refractivity contribution in [3.8, 4) is 0 Å². The van der Waals surface area contributed by atoms with Crippen molar-refractivity contribution in [3.63, 3.8) is 0 Å². The van der Waals surface area contributed by atoms with E-state index in [-0.39, 0.29) is 11.8 Å². The van der Waals surface area contributed by atoms with Crippen LogP contribution >= 0.6 is 0 Å². The number of piperazine rings is 1. The van der Waals surface area contributed by atoms with Gasteiger partial charge in [-0.25, -0.2) is 0 Å². The molecule has 1 atom stereocenters.